The Morgan fingerprint density at radius 1 is 0.952 bits per heavy atom. The molecule has 0 spiro atoms. The number of hydrogen-bond acceptors (Lipinski definition) is 2. The maximum absolute atomic E-state index is 3.94. The van der Waals surface area contributed by atoms with Crippen molar-refractivity contribution in [3.8, 4) is 0 Å². The van der Waals surface area contributed by atoms with E-state index in [1.165, 1.54) is 90.0 Å². The van der Waals surface area contributed by atoms with Crippen molar-refractivity contribution in [2.75, 3.05) is 26.2 Å². The number of nitrogens with zero attached hydrogens (tertiary/aromatic N) is 2. The van der Waals surface area contributed by atoms with Gasteiger partial charge in [0.1, 0.15) is 0 Å². The number of piperidine rings is 2. The van der Waals surface area contributed by atoms with Crippen molar-refractivity contribution in [2.45, 2.75) is 76.4 Å². The quantitative estimate of drug-likeness (QED) is 0.499. The molecule has 2 fully saturated rings. The molecule has 0 aromatic carbocycles. The van der Waals surface area contributed by atoms with Gasteiger partial charge < -0.3 is 0 Å². The van der Waals surface area contributed by atoms with Crippen molar-refractivity contribution in [1.29, 1.82) is 0 Å². The number of likely N-dealkylation sites (tertiary alicyclic amines) is 2. The lowest BCUT2D eigenvalue weighted by atomic mass is 9.91. The average Bonchev–Trinajstić information content (AvgIpc) is 2.57. The lowest BCUT2D eigenvalue weighted by Crippen LogP contribution is -2.62. The number of rotatable bonds is 8. The highest BCUT2D eigenvalue weighted by atomic mass is 28.2. The van der Waals surface area contributed by atoms with E-state index in [1.807, 2.05) is 0 Å². The summed E-state index contributed by atoms with van der Waals surface area (Å²) in [5, 5.41) is 0. The summed E-state index contributed by atoms with van der Waals surface area (Å²) in [5.74, 6) is 0. The highest BCUT2D eigenvalue weighted by molar-refractivity contribution is 6.41. The third-order valence-corrected chi connectivity index (χ3v) is 7.01. The van der Waals surface area contributed by atoms with Gasteiger partial charge >= 0.3 is 0 Å². The maximum atomic E-state index is 3.94. The van der Waals surface area contributed by atoms with Crippen molar-refractivity contribution < 1.29 is 0 Å². The SMILES string of the molecule is C=C[SiH2]CCCC(CC)(N1CCCCC1)N1CCCCC1. The lowest BCUT2D eigenvalue weighted by molar-refractivity contribution is -0.0865. The molecule has 2 heterocycles. The third kappa shape index (κ3) is 4.43. The van der Waals surface area contributed by atoms with Crippen molar-refractivity contribution >= 4 is 9.52 Å². The third-order valence-electron chi connectivity index (χ3n) is 5.69. The standard InChI is InChI=1S/C18H36N2Si/c1-3-18(12-11-17-21-4-2,19-13-7-5-8-14-19)20-15-9-6-10-16-20/h4H,2-3,5-17,21H2,1H3. The zero-order valence-corrected chi connectivity index (χ0v) is 15.7. The van der Waals surface area contributed by atoms with Gasteiger partial charge in [-0.15, -0.1) is 12.3 Å². The van der Waals surface area contributed by atoms with Gasteiger partial charge in [0.15, 0.2) is 0 Å². The molecule has 0 radical (unpaired) electrons. The van der Waals surface area contributed by atoms with Crippen LogP contribution in [0.2, 0.25) is 6.04 Å². The topological polar surface area (TPSA) is 6.48 Å². The second kappa shape index (κ2) is 9.11. The Bertz CT molecular complexity index is 276. The van der Waals surface area contributed by atoms with Crippen LogP contribution >= 0.6 is 0 Å². The first-order chi connectivity index (χ1) is 10.3. The summed E-state index contributed by atoms with van der Waals surface area (Å²) < 4.78 is 0. The summed E-state index contributed by atoms with van der Waals surface area (Å²) in [4.78, 5) is 5.74. The smallest absolute Gasteiger partial charge is 0.0734 e. The van der Waals surface area contributed by atoms with Crippen LogP contribution in [0.4, 0.5) is 0 Å². The Morgan fingerprint density at radius 3 is 1.90 bits per heavy atom. The van der Waals surface area contributed by atoms with Gasteiger partial charge in [0.2, 0.25) is 0 Å². The van der Waals surface area contributed by atoms with Gasteiger partial charge in [0.25, 0.3) is 0 Å². The normalized spacial score (nSPS) is 22.9. The van der Waals surface area contributed by atoms with E-state index in [1.54, 1.807) is 0 Å². The van der Waals surface area contributed by atoms with Crippen LogP contribution < -0.4 is 0 Å². The lowest BCUT2D eigenvalue weighted by Gasteiger charge is -2.53. The molecule has 2 aliphatic rings. The summed E-state index contributed by atoms with van der Waals surface area (Å²) in [6.45, 7) is 11.7. The van der Waals surface area contributed by atoms with Crippen LogP contribution in [-0.4, -0.2) is 51.2 Å². The van der Waals surface area contributed by atoms with Crippen LogP contribution in [0.3, 0.4) is 0 Å². The Morgan fingerprint density at radius 2 is 1.48 bits per heavy atom. The minimum atomic E-state index is 0.0152. The van der Waals surface area contributed by atoms with E-state index in [-0.39, 0.29) is 9.52 Å². The number of hydrogen-bond donors (Lipinski definition) is 0. The van der Waals surface area contributed by atoms with E-state index in [4.69, 9.17) is 0 Å². The fourth-order valence-electron chi connectivity index (χ4n) is 4.46. The first kappa shape index (κ1) is 17.2. The monoisotopic (exact) mass is 308 g/mol. The molecular formula is C18H36N2Si. The molecule has 0 saturated carbocycles. The molecule has 0 unspecified atom stereocenters. The van der Waals surface area contributed by atoms with E-state index in [0.717, 1.165) is 0 Å². The largest absolute Gasteiger partial charge is 0.285 e. The van der Waals surface area contributed by atoms with Crippen molar-refractivity contribution in [1.82, 2.24) is 9.80 Å². The van der Waals surface area contributed by atoms with Gasteiger partial charge in [-0.05, 0) is 64.7 Å². The van der Waals surface area contributed by atoms with Crippen LogP contribution in [0, 0.1) is 0 Å². The Hall–Kier alpha value is -0.123. The molecule has 0 N–H and O–H groups in total. The molecule has 0 atom stereocenters. The summed E-state index contributed by atoms with van der Waals surface area (Å²) in [7, 11) is 0.0152. The first-order valence-corrected chi connectivity index (χ1v) is 11.3. The van der Waals surface area contributed by atoms with E-state index in [0.29, 0.717) is 5.66 Å². The van der Waals surface area contributed by atoms with Gasteiger partial charge in [-0.2, -0.15) is 0 Å². The molecule has 2 saturated heterocycles. The molecular weight excluding hydrogens is 272 g/mol. The van der Waals surface area contributed by atoms with Gasteiger partial charge in [0.05, 0.1) is 5.66 Å². The zero-order valence-electron chi connectivity index (χ0n) is 14.3. The summed E-state index contributed by atoms with van der Waals surface area (Å²) in [6.07, 6.45) is 12.7. The molecule has 2 rings (SSSR count). The zero-order chi connectivity index (χ0) is 15.0. The molecule has 3 heteroatoms. The molecule has 0 aliphatic carbocycles. The molecule has 21 heavy (non-hydrogen) atoms. The van der Waals surface area contributed by atoms with Crippen molar-refractivity contribution in [3.63, 3.8) is 0 Å². The van der Waals surface area contributed by atoms with Gasteiger partial charge in [-0.25, -0.2) is 0 Å². The predicted octanol–water partition coefficient (Wildman–Crippen LogP) is 3.58. The van der Waals surface area contributed by atoms with Gasteiger partial charge in [0, 0.05) is 9.52 Å². The summed E-state index contributed by atoms with van der Waals surface area (Å²) in [5.41, 5.74) is 2.60. The van der Waals surface area contributed by atoms with Crippen LogP contribution in [0.15, 0.2) is 12.3 Å². The Kier molecular flexibility index (Phi) is 7.48. The molecule has 0 aromatic heterocycles. The van der Waals surface area contributed by atoms with E-state index >= 15 is 0 Å². The van der Waals surface area contributed by atoms with Crippen molar-refractivity contribution in [3.05, 3.63) is 12.3 Å². The van der Waals surface area contributed by atoms with E-state index < -0.39 is 0 Å². The van der Waals surface area contributed by atoms with Gasteiger partial charge in [-0.3, -0.25) is 9.80 Å². The summed E-state index contributed by atoms with van der Waals surface area (Å²) in [6, 6.07) is 1.45. The molecule has 0 aromatic rings. The fraction of sp³-hybridized carbons (Fsp3) is 0.889. The molecule has 2 nitrogen and oxygen atoms in total. The minimum Gasteiger partial charge on any atom is -0.285 e. The van der Waals surface area contributed by atoms with Crippen LogP contribution in [0.25, 0.3) is 0 Å². The second-order valence-corrected chi connectivity index (χ2v) is 8.83. The minimum absolute atomic E-state index is 0.0152. The van der Waals surface area contributed by atoms with Crippen LogP contribution in [-0.2, 0) is 0 Å². The average molecular weight is 309 g/mol. The van der Waals surface area contributed by atoms with Crippen LogP contribution in [0.5, 0.6) is 0 Å². The van der Waals surface area contributed by atoms with Crippen LogP contribution in [0.1, 0.15) is 64.7 Å². The Balaban J connectivity index is 2.06. The van der Waals surface area contributed by atoms with E-state index in [9.17, 15) is 0 Å². The highest BCUT2D eigenvalue weighted by Gasteiger charge is 2.40. The van der Waals surface area contributed by atoms with Gasteiger partial charge in [-0.1, -0.05) is 32.2 Å². The highest BCUT2D eigenvalue weighted by Crippen LogP contribution is 2.35. The van der Waals surface area contributed by atoms with E-state index in [2.05, 4.69) is 29.0 Å². The second-order valence-electron chi connectivity index (χ2n) is 6.97. The molecule has 0 bridgehead atoms. The fourth-order valence-corrected chi connectivity index (χ4v) is 5.28. The molecule has 122 valence electrons. The van der Waals surface area contributed by atoms with Crippen molar-refractivity contribution in [2.24, 2.45) is 0 Å². The summed E-state index contributed by atoms with van der Waals surface area (Å²) >= 11 is 0. The first-order valence-electron chi connectivity index (χ1n) is 9.44. The Labute approximate surface area is 134 Å². The molecule has 2 aliphatic heterocycles. The maximum Gasteiger partial charge on any atom is 0.0734 e. The predicted molar refractivity (Wildman–Crippen MR) is 96.7 cm³/mol. The molecule has 0 amide bonds.